The molecule has 1 aliphatic carbocycles. The first-order chi connectivity index (χ1) is 12.8. The van der Waals surface area contributed by atoms with E-state index in [-0.39, 0.29) is 5.91 Å². The number of carbonyl (C=O) groups is 1. The van der Waals surface area contributed by atoms with E-state index in [0.29, 0.717) is 6.54 Å². The maximum atomic E-state index is 12.7. The van der Waals surface area contributed by atoms with Crippen LogP contribution >= 0.6 is 0 Å². The van der Waals surface area contributed by atoms with E-state index in [1.165, 1.54) is 25.0 Å². The highest BCUT2D eigenvalue weighted by Crippen LogP contribution is 2.26. The second-order valence-electron chi connectivity index (χ2n) is 7.80. The first-order valence-electron chi connectivity index (χ1n) is 9.82. The summed E-state index contributed by atoms with van der Waals surface area (Å²) in [6, 6.07) is 4.92. The van der Waals surface area contributed by atoms with Crippen molar-refractivity contribution in [1.82, 2.24) is 29.5 Å². The lowest BCUT2D eigenvalue weighted by Gasteiger charge is -2.43. The summed E-state index contributed by atoms with van der Waals surface area (Å²) < 4.78 is 2.31. The van der Waals surface area contributed by atoms with Crippen LogP contribution in [0.2, 0.25) is 0 Å². The lowest BCUT2D eigenvalue weighted by molar-refractivity contribution is -0.135. The predicted molar refractivity (Wildman–Crippen MR) is 98.6 cm³/mol. The second-order valence-corrected chi connectivity index (χ2v) is 7.80. The molecule has 1 amide bonds. The van der Waals surface area contributed by atoms with Crippen LogP contribution in [-0.2, 0) is 17.9 Å². The molecular weight excluding hydrogens is 328 g/mol. The molecule has 2 aliphatic heterocycles. The van der Waals surface area contributed by atoms with Crippen LogP contribution in [-0.4, -0.2) is 80.7 Å². The number of amides is 1. The summed E-state index contributed by atoms with van der Waals surface area (Å²) in [6.45, 7) is 7.02. The van der Waals surface area contributed by atoms with Crippen molar-refractivity contribution in [1.29, 1.82) is 0 Å². The van der Waals surface area contributed by atoms with Gasteiger partial charge in [0.25, 0.3) is 0 Å². The van der Waals surface area contributed by atoms with Gasteiger partial charge in [0.15, 0.2) is 0 Å². The van der Waals surface area contributed by atoms with Crippen molar-refractivity contribution in [2.45, 2.75) is 38.4 Å². The number of aromatic nitrogens is 3. The van der Waals surface area contributed by atoms with Gasteiger partial charge in [-0.15, -0.1) is 5.10 Å². The number of hydrogen-bond donors (Lipinski definition) is 0. The van der Waals surface area contributed by atoms with E-state index in [2.05, 4.69) is 35.5 Å². The minimum atomic E-state index is 0.280. The number of rotatable bonds is 3. The Labute approximate surface area is 153 Å². The van der Waals surface area contributed by atoms with Crippen LogP contribution in [0.15, 0.2) is 18.3 Å². The Morgan fingerprint density at radius 2 is 1.96 bits per heavy atom. The number of nitrogens with zero attached hydrogens (tertiary/aromatic N) is 6. The van der Waals surface area contributed by atoms with Gasteiger partial charge in [-0.05, 0) is 25.0 Å². The van der Waals surface area contributed by atoms with E-state index in [1.807, 2.05) is 6.07 Å². The van der Waals surface area contributed by atoms with E-state index in [4.69, 9.17) is 0 Å². The van der Waals surface area contributed by atoms with Crippen LogP contribution in [0.1, 0.15) is 25.0 Å². The molecule has 0 aromatic carbocycles. The Morgan fingerprint density at radius 1 is 1.12 bits per heavy atom. The summed E-state index contributed by atoms with van der Waals surface area (Å²) in [4.78, 5) is 19.7. The van der Waals surface area contributed by atoms with Crippen molar-refractivity contribution < 1.29 is 4.79 Å². The monoisotopic (exact) mass is 354 g/mol. The summed E-state index contributed by atoms with van der Waals surface area (Å²) in [5, 5.41) is 8.18. The van der Waals surface area contributed by atoms with Gasteiger partial charge in [-0.25, -0.2) is 0 Å². The molecule has 4 heterocycles. The summed E-state index contributed by atoms with van der Waals surface area (Å²) in [5.74, 6) is 0.280. The summed E-state index contributed by atoms with van der Waals surface area (Å²) >= 11 is 0. The molecule has 7 heteroatoms. The van der Waals surface area contributed by atoms with E-state index in [9.17, 15) is 4.79 Å². The van der Waals surface area contributed by atoms with E-state index in [1.54, 1.807) is 6.20 Å². The smallest absolute Gasteiger partial charge is 0.236 e. The lowest BCUT2D eigenvalue weighted by Crippen LogP contribution is -2.55. The largest absolute Gasteiger partial charge is 0.341 e. The normalized spacial score (nSPS) is 22.4. The number of carbonyl (C=O) groups excluding carboxylic acids is 1. The predicted octanol–water partition coefficient (Wildman–Crippen LogP) is 0.944. The fraction of sp³-hybridized carbons (Fsp3) is 0.632. The average Bonchev–Trinajstić information content (AvgIpc) is 2.98. The zero-order chi connectivity index (χ0) is 17.5. The van der Waals surface area contributed by atoms with E-state index < -0.39 is 0 Å². The van der Waals surface area contributed by atoms with Gasteiger partial charge in [0.2, 0.25) is 5.91 Å². The molecule has 2 fully saturated rings. The highest BCUT2D eigenvalue weighted by atomic mass is 16.2. The van der Waals surface area contributed by atoms with Crippen molar-refractivity contribution >= 4 is 16.9 Å². The Hall–Kier alpha value is -1.99. The minimum Gasteiger partial charge on any atom is -0.341 e. The topological polar surface area (TPSA) is 57.5 Å². The molecule has 0 spiro atoms. The van der Waals surface area contributed by atoms with Crippen LogP contribution in [0, 0.1) is 0 Å². The molecule has 7 nitrogen and oxygen atoms in total. The summed E-state index contributed by atoms with van der Waals surface area (Å²) in [7, 11) is 0. The quantitative estimate of drug-likeness (QED) is 0.821. The van der Waals surface area contributed by atoms with Crippen molar-refractivity contribution in [3.05, 3.63) is 24.0 Å². The molecule has 0 N–H and O–H groups in total. The van der Waals surface area contributed by atoms with Gasteiger partial charge in [0, 0.05) is 57.5 Å². The maximum absolute atomic E-state index is 12.7. The van der Waals surface area contributed by atoms with E-state index >= 15 is 0 Å². The zero-order valence-corrected chi connectivity index (χ0v) is 15.2. The molecule has 26 heavy (non-hydrogen) atoms. The Morgan fingerprint density at radius 3 is 2.73 bits per heavy atom. The number of piperazine rings is 1. The highest BCUT2D eigenvalue weighted by Gasteiger charge is 2.30. The Bertz CT molecular complexity index is 805. The molecule has 1 saturated carbocycles. The number of fused-ring (bicyclic) bond motifs is 3. The maximum Gasteiger partial charge on any atom is 0.236 e. The zero-order valence-electron chi connectivity index (χ0n) is 15.2. The summed E-state index contributed by atoms with van der Waals surface area (Å²) in [6.07, 6.45) is 5.82. The molecule has 0 bridgehead atoms. The third kappa shape index (κ3) is 2.89. The molecule has 1 saturated heterocycles. The molecular formula is C19H26N6O. The molecule has 0 atom stereocenters. The van der Waals surface area contributed by atoms with Gasteiger partial charge in [-0.2, -0.15) is 5.10 Å². The van der Waals surface area contributed by atoms with Crippen molar-refractivity contribution in [3.63, 3.8) is 0 Å². The molecule has 5 rings (SSSR count). The minimum absolute atomic E-state index is 0.280. The number of hydrogen-bond acceptors (Lipinski definition) is 5. The Kier molecular flexibility index (Phi) is 4.13. The van der Waals surface area contributed by atoms with Gasteiger partial charge in [0.1, 0.15) is 5.52 Å². The van der Waals surface area contributed by atoms with Crippen LogP contribution in [0.5, 0.6) is 0 Å². The van der Waals surface area contributed by atoms with Gasteiger partial charge in [0.05, 0.1) is 18.3 Å². The second kappa shape index (κ2) is 6.63. The third-order valence-electron chi connectivity index (χ3n) is 6.31. The van der Waals surface area contributed by atoms with Crippen LogP contribution in [0.3, 0.4) is 0 Å². The first kappa shape index (κ1) is 16.2. The molecule has 3 aliphatic rings. The van der Waals surface area contributed by atoms with Gasteiger partial charge < -0.3 is 9.47 Å². The first-order valence-corrected chi connectivity index (χ1v) is 9.82. The average molecular weight is 354 g/mol. The molecule has 2 aromatic heterocycles. The SMILES string of the molecule is O=C(CN1CCn2c(cc3nnccc32)C1)N1CCN(C2CCC2)CC1. The van der Waals surface area contributed by atoms with Crippen LogP contribution < -0.4 is 0 Å². The van der Waals surface area contributed by atoms with E-state index in [0.717, 1.165) is 62.9 Å². The van der Waals surface area contributed by atoms with Crippen LogP contribution in [0.25, 0.3) is 11.0 Å². The lowest BCUT2D eigenvalue weighted by atomic mass is 9.91. The summed E-state index contributed by atoms with van der Waals surface area (Å²) in [5.41, 5.74) is 3.32. The standard InChI is InChI=1S/C19H26N6O/c26-19(24-9-7-23(8-10-24)15-2-1-3-15)14-22-6-11-25-16(13-22)12-17-18(25)4-5-20-21-17/h4-5,12,15H,1-3,6-11,13-14H2. The van der Waals surface area contributed by atoms with Crippen molar-refractivity contribution in [2.24, 2.45) is 0 Å². The van der Waals surface area contributed by atoms with Gasteiger partial charge >= 0.3 is 0 Å². The molecule has 2 aromatic rings. The third-order valence-corrected chi connectivity index (χ3v) is 6.31. The fourth-order valence-corrected chi connectivity index (χ4v) is 4.52. The van der Waals surface area contributed by atoms with Crippen LogP contribution in [0.4, 0.5) is 0 Å². The Balaban J connectivity index is 1.19. The highest BCUT2D eigenvalue weighted by molar-refractivity contribution is 5.79. The van der Waals surface area contributed by atoms with Gasteiger partial charge in [-0.1, -0.05) is 6.42 Å². The van der Waals surface area contributed by atoms with Crippen molar-refractivity contribution in [3.8, 4) is 0 Å². The molecule has 0 unspecified atom stereocenters. The van der Waals surface area contributed by atoms with Gasteiger partial charge in [-0.3, -0.25) is 14.6 Å². The fourth-order valence-electron chi connectivity index (χ4n) is 4.52. The van der Waals surface area contributed by atoms with Crippen molar-refractivity contribution in [2.75, 3.05) is 39.3 Å². The molecule has 0 radical (unpaired) electrons. The molecule has 138 valence electrons.